The van der Waals surface area contributed by atoms with Crippen molar-refractivity contribution in [3.63, 3.8) is 0 Å². The molecule has 0 unspecified atom stereocenters. The van der Waals surface area contributed by atoms with Gasteiger partial charge in [-0.2, -0.15) is 9.50 Å². The van der Waals surface area contributed by atoms with Gasteiger partial charge in [0.05, 0.1) is 6.26 Å². The Bertz CT molecular complexity index is 1040. The summed E-state index contributed by atoms with van der Waals surface area (Å²) in [6, 6.07) is 10.0. The van der Waals surface area contributed by atoms with E-state index in [0.29, 0.717) is 23.9 Å². The van der Waals surface area contributed by atoms with Crippen LogP contribution in [-0.2, 0) is 13.0 Å². The largest absolute Gasteiger partial charge is 0.461 e. The third-order valence-corrected chi connectivity index (χ3v) is 4.26. The predicted octanol–water partition coefficient (Wildman–Crippen LogP) is 4.01. The number of hydrogen-bond donors (Lipinski definition) is 1. The van der Waals surface area contributed by atoms with E-state index in [1.54, 1.807) is 29.0 Å². The number of benzene rings is 1. The Labute approximate surface area is 149 Å². The highest BCUT2D eigenvalue weighted by Gasteiger charge is 2.17. The first-order chi connectivity index (χ1) is 12.7. The summed E-state index contributed by atoms with van der Waals surface area (Å²) < 4.78 is 20.2. The van der Waals surface area contributed by atoms with Crippen LogP contribution in [0.15, 0.2) is 47.1 Å². The molecule has 0 atom stereocenters. The molecular formula is C19H18FN5O. The van der Waals surface area contributed by atoms with E-state index in [0.717, 1.165) is 29.1 Å². The first-order valence-electron chi connectivity index (χ1n) is 8.44. The summed E-state index contributed by atoms with van der Waals surface area (Å²) >= 11 is 0. The van der Waals surface area contributed by atoms with Crippen LogP contribution in [0.4, 0.5) is 10.2 Å². The van der Waals surface area contributed by atoms with Gasteiger partial charge in [-0.05, 0) is 43.2 Å². The molecule has 0 saturated carbocycles. The van der Waals surface area contributed by atoms with Crippen molar-refractivity contribution in [2.45, 2.75) is 26.8 Å². The molecule has 7 heteroatoms. The molecule has 1 aromatic carbocycles. The summed E-state index contributed by atoms with van der Waals surface area (Å²) in [5.41, 5.74) is 2.94. The van der Waals surface area contributed by atoms with E-state index >= 15 is 0 Å². The fraction of sp³-hybridized carbons (Fsp3) is 0.211. The van der Waals surface area contributed by atoms with Gasteiger partial charge in [0.15, 0.2) is 5.76 Å². The Balaban J connectivity index is 1.76. The average molecular weight is 351 g/mol. The second-order valence-corrected chi connectivity index (χ2v) is 5.98. The topological polar surface area (TPSA) is 68.2 Å². The molecule has 132 valence electrons. The molecule has 0 spiro atoms. The zero-order chi connectivity index (χ0) is 18.1. The Kier molecular flexibility index (Phi) is 4.12. The summed E-state index contributed by atoms with van der Waals surface area (Å²) in [4.78, 5) is 9.04. The minimum absolute atomic E-state index is 0.246. The second-order valence-electron chi connectivity index (χ2n) is 5.98. The summed E-state index contributed by atoms with van der Waals surface area (Å²) in [5.74, 6) is 2.18. The number of nitrogens with zero attached hydrogens (tertiary/aromatic N) is 4. The van der Waals surface area contributed by atoms with Gasteiger partial charge in [0.2, 0.25) is 5.82 Å². The van der Waals surface area contributed by atoms with Crippen molar-refractivity contribution in [1.29, 1.82) is 0 Å². The third kappa shape index (κ3) is 2.92. The molecule has 0 bridgehead atoms. The molecule has 0 aliphatic heterocycles. The van der Waals surface area contributed by atoms with Gasteiger partial charge < -0.3 is 9.73 Å². The lowest BCUT2D eigenvalue weighted by atomic mass is 10.1. The molecule has 26 heavy (non-hydrogen) atoms. The van der Waals surface area contributed by atoms with Gasteiger partial charge in [-0.15, -0.1) is 5.10 Å². The lowest BCUT2D eigenvalue weighted by molar-refractivity contribution is 0.577. The van der Waals surface area contributed by atoms with Gasteiger partial charge in [-0.3, -0.25) is 0 Å². The highest BCUT2D eigenvalue weighted by Crippen LogP contribution is 2.24. The fourth-order valence-electron chi connectivity index (χ4n) is 2.95. The van der Waals surface area contributed by atoms with Gasteiger partial charge in [-0.25, -0.2) is 9.37 Å². The van der Waals surface area contributed by atoms with E-state index < -0.39 is 0 Å². The van der Waals surface area contributed by atoms with Gasteiger partial charge in [-0.1, -0.05) is 19.1 Å². The van der Waals surface area contributed by atoms with Gasteiger partial charge in [0, 0.05) is 17.8 Å². The van der Waals surface area contributed by atoms with E-state index in [2.05, 4.69) is 27.3 Å². The van der Waals surface area contributed by atoms with E-state index in [4.69, 9.17) is 4.42 Å². The third-order valence-electron chi connectivity index (χ3n) is 4.26. The van der Waals surface area contributed by atoms with Crippen LogP contribution in [0.3, 0.4) is 0 Å². The maximum Gasteiger partial charge on any atom is 0.255 e. The Morgan fingerprint density at radius 3 is 2.65 bits per heavy atom. The second kappa shape index (κ2) is 6.59. The van der Waals surface area contributed by atoms with Crippen molar-refractivity contribution in [2.75, 3.05) is 5.32 Å². The first-order valence-corrected chi connectivity index (χ1v) is 8.44. The van der Waals surface area contributed by atoms with Crippen molar-refractivity contribution in [3.8, 4) is 11.6 Å². The standard InChI is InChI=1S/C19H18FN5O/c1-3-15-12(2)22-19-23-17(16-5-4-10-26-16)24-25(19)18(15)21-11-13-6-8-14(20)9-7-13/h4-10,21H,3,11H2,1-2H3. The number of fused-ring (bicyclic) bond motifs is 1. The first kappa shape index (κ1) is 16.3. The summed E-state index contributed by atoms with van der Waals surface area (Å²) in [6.45, 7) is 4.58. The zero-order valence-corrected chi connectivity index (χ0v) is 14.5. The van der Waals surface area contributed by atoms with Crippen molar-refractivity contribution in [1.82, 2.24) is 19.6 Å². The smallest absolute Gasteiger partial charge is 0.255 e. The van der Waals surface area contributed by atoms with Gasteiger partial charge in [0.1, 0.15) is 11.6 Å². The van der Waals surface area contributed by atoms with Crippen molar-refractivity contribution in [3.05, 3.63) is 65.3 Å². The predicted molar refractivity (Wildman–Crippen MR) is 96.3 cm³/mol. The Morgan fingerprint density at radius 2 is 1.96 bits per heavy atom. The summed E-state index contributed by atoms with van der Waals surface area (Å²) in [7, 11) is 0. The van der Waals surface area contributed by atoms with Crippen LogP contribution in [0.1, 0.15) is 23.7 Å². The van der Waals surface area contributed by atoms with Crippen LogP contribution < -0.4 is 5.32 Å². The van der Waals surface area contributed by atoms with Crippen LogP contribution in [0.25, 0.3) is 17.4 Å². The Hall–Kier alpha value is -3.22. The molecule has 3 aromatic heterocycles. The molecule has 6 nitrogen and oxygen atoms in total. The molecule has 0 aliphatic rings. The van der Waals surface area contributed by atoms with E-state index in [1.807, 2.05) is 13.0 Å². The molecule has 3 heterocycles. The lowest BCUT2D eigenvalue weighted by Gasteiger charge is -2.14. The van der Waals surface area contributed by atoms with E-state index in [1.165, 1.54) is 12.1 Å². The van der Waals surface area contributed by atoms with Crippen molar-refractivity contribution >= 4 is 11.6 Å². The molecule has 0 saturated heterocycles. The zero-order valence-electron chi connectivity index (χ0n) is 14.5. The van der Waals surface area contributed by atoms with Crippen LogP contribution in [0.5, 0.6) is 0 Å². The monoisotopic (exact) mass is 351 g/mol. The summed E-state index contributed by atoms with van der Waals surface area (Å²) in [6.07, 6.45) is 2.39. The normalized spacial score (nSPS) is 11.2. The number of nitrogens with one attached hydrogen (secondary N) is 1. The molecular weight excluding hydrogens is 333 g/mol. The lowest BCUT2D eigenvalue weighted by Crippen LogP contribution is -2.11. The van der Waals surface area contributed by atoms with Crippen LogP contribution in [0, 0.1) is 12.7 Å². The minimum Gasteiger partial charge on any atom is -0.461 e. The maximum atomic E-state index is 13.1. The molecule has 0 radical (unpaired) electrons. The van der Waals surface area contributed by atoms with Gasteiger partial charge >= 0.3 is 0 Å². The van der Waals surface area contributed by atoms with Crippen molar-refractivity contribution < 1.29 is 8.81 Å². The minimum atomic E-state index is -0.246. The molecule has 1 N–H and O–H groups in total. The number of hydrogen-bond acceptors (Lipinski definition) is 5. The Morgan fingerprint density at radius 1 is 1.15 bits per heavy atom. The molecule has 0 aliphatic carbocycles. The van der Waals surface area contributed by atoms with Crippen LogP contribution in [-0.4, -0.2) is 19.6 Å². The van der Waals surface area contributed by atoms with E-state index in [-0.39, 0.29) is 5.82 Å². The number of aromatic nitrogens is 4. The number of anilines is 1. The van der Waals surface area contributed by atoms with Gasteiger partial charge in [0.25, 0.3) is 5.78 Å². The number of aryl methyl sites for hydroxylation is 1. The molecule has 0 amide bonds. The number of halogens is 1. The maximum absolute atomic E-state index is 13.1. The summed E-state index contributed by atoms with van der Waals surface area (Å²) in [5, 5.41) is 7.97. The SMILES string of the molecule is CCc1c(C)nc2nc(-c3ccco3)nn2c1NCc1ccc(F)cc1. The molecule has 0 fully saturated rings. The number of rotatable bonds is 5. The van der Waals surface area contributed by atoms with E-state index in [9.17, 15) is 4.39 Å². The van der Waals surface area contributed by atoms with Crippen LogP contribution in [0.2, 0.25) is 0 Å². The highest BCUT2D eigenvalue weighted by molar-refractivity contribution is 5.57. The number of furan rings is 1. The molecule has 4 aromatic rings. The highest BCUT2D eigenvalue weighted by atomic mass is 19.1. The van der Waals surface area contributed by atoms with Crippen LogP contribution >= 0.6 is 0 Å². The fourth-order valence-corrected chi connectivity index (χ4v) is 2.95. The van der Waals surface area contributed by atoms with Crippen molar-refractivity contribution in [2.24, 2.45) is 0 Å². The quantitative estimate of drug-likeness (QED) is 0.588. The molecule has 4 rings (SSSR count). The average Bonchev–Trinajstić information content (AvgIpc) is 3.30.